The maximum absolute atomic E-state index is 12.2. The van der Waals surface area contributed by atoms with Crippen LogP contribution in [0.15, 0.2) is 24.3 Å². The van der Waals surface area contributed by atoms with E-state index in [1.807, 2.05) is 25.1 Å². The molecule has 1 N–H and O–H groups in total. The number of nitrogens with one attached hydrogen (secondary N) is 1. The van der Waals surface area contributed by atoms with Crippen molar-refractivity contribution in [1.82, 2.24) is 5.32 Å². The summed E-state index contributed by atoms with van der Waals surface area (Å²) in [7, 11) is 1.61. The van der Waals surface area contributed by atoms with Crippen LogP contribution in [0.2, 0.25) is 0 Å². The molecule has 0 spiro atoms. The molecule has 0 radical (unpaired) electrons. The minimum absolute atomic E-state index is 0.0118. The maximum atomic E-state index is 12.2. The van der Waals surface area contributed by atoms with E-state index in [-0.39, 0.29) is 5.91 Å². The van der Waals surface area contributed by atoms with E-state index in [9.17, 15) is 4.79 Å². The van der Waals surface area contributed by atoms with Crippen molar-refractivity contribution in [3.05, 3.63) is 24.3 Å². The highest BCUT2D eigenvalue weighted by Crippen LogP contribution is 2.21. The first-order chi connectivity index (χ1) is 9.72. The van der Waals surface area contributed by atoms with Crippen LogP contribution in [0.3, 0.4) is 0 Å². The fraction of sp³-hybridized carbons (Fsp3) is 0.562. The maximum Gasteiger partial charge on any atom is 0.261 e. The molecule has 1 aliphatic rings. The SMILES string of the molecule is CC[C@@H](Oc1cccc(OC)c1)C(=O)NC1CCCC1. The van der Waals surface area contributed by atoms with E-state index in [0.717, 1.165) is 18.6 Å². The van der Waals surface area contributed by atoms with Gasteiger partial charge in [0.15, 0.2) is 6.10 Å². The van der Waals surface area contributed by atoms with Gasteiger partial charge in [-0.3, -0.25) is 4.79 Å². The molecular formula is C16H23NO3. The smallest absolute Gasteiger partial charge is 0.261 e. The lowest BCUT2D eigenvalue weighted by atomic mass is 10.2. The fourth-order valence-corrected chi connectivity index (χ4v) is 2.53. The van der Waals surface area contributed by atoms with E-state index in [2.05, 4.69) is 5.32 Å². The number of ether oxygens (including phenoxy) is 2. The first-order valence-corrected chi connectivity index (χ1v) is 7.34. The number of rotatable bonds is 6. The molecule has 4 nitrogen and oxygen atoms in total. The van der Waals surface area contributed by atoms with Gasteiger partial charge in [-0.2, -0.15) is 0 Å². The van der Waals surface area contributed by atoms with Crippen molar-refractivity contribution < 1.29 is 14.3 Å². The molecule has 1 amide bonds. The van der Waals surface area contributed by atoms with Gasteiger partial charge in [-0.05, 0) is 31.4 Å². The van der Waals surface area contributed by atoms with Crippen molar-refractivity contribution in [2.24, 2.45) is 0 Å². The van der Waals surface area contributed by atoms with Gasteiger partial charge in [-0.25, -0.2) is 0 Å². The minimum atomic E-state index is -0.442. The average molecular weight is 277 g/mol. The third-order valence-corrected chi connectivity index (χ3v) is 3.68. The first kappa shape index (κ1) is 14.7. The second kappa shape index (κ2) is 7.17. The standard InChI is InChI=1S/C16H23NO3/c1-3-15(16(18)17-12-7-4-5-8-12)20-14-10-6-9-13(11-14)19-2/h6,9-12,15H,3-5,7-8H2,1-2H3,(H,17,18)/t15-/m1/s1. The molecule has 4 heteroatoms. The van der Waals surface area contributed by atoms with Crippen LogP contribution in [-0.2, 0) is 4.79 Å². The summed E-state index contributed by atoms with van der Waals surface area (Å²) in [5.41, 5.74) is 0. The highest BCUT2D eigenvalue weighted by atomic mass is 16.5. The van der Waals surface area contributed by atoms with Crippen LogP contribution in [0.5, 0.6) is 11.5 Å². The molecule has 0 bridgehead atoms. The third-order valence-electron chi connectivity index (χ3n) is 3.68. The van der Waals surface area contributed by atoms with Crippen molar-refractivity contribution in [3.8, 4) is 11.5 Å². The second-order valence-corrected chi connectivity index (χ2v) is 5.18. The van der Waals surface area contributed by atoms with Crippen LogP contribution in [0.25, 0.3) is 0 Å². The minimum Gasteiger partial charge on any atom is -0.497 e. The van der Waals surface area contributed by atoms with E-state index in [1.165, 1.54) is 12.8 Å². The predicted molar refractivity (Wildman–Crippen MR) is 78.1 cm³/mol. The molecule has 1 aliphatic carbocycles. The summed E-state index contributed by atoms with van der Waals surface area (Å²) < 4.78 is 10.9. The molecule has 1 saturated carbocycles. The van der Waals surface area contributed by atoms with E-state index >= 15 is 0 Å². The number of benzene rings is 1. The number of carbonyl (C=O) groups is 1. The van der Waals surface area contributed by atoms with Crippen molar-refractivity contribution in [3.63, 3.8) is 0 Å². The molecule has 1 fully saturated rings. The Morgan fingerprint density at radius 1 is 1.35 bits per heavy atom. The Morgan fingerprint density at radius 3 is 2.70 bits per heavy atom. The van der Waals surface area contributed by atoms with Crippen molar-refractivity contribution in [2.75, 3.05) is 7.11 Å². The van der Waals surface area contributed by atoms with Crippen LogP contribution in [-0.4, -0.2) is 25.2 Å². The Morgan fingerprint density at radius 2 is 2.05 bits per heavy atom. The Balaban J connectivity index is 1.94. The molecule has 110 valence electrons. The summed E-state index contributed by atoms with van der Waals surface area (Å²) in [6.45, 7) is 1.96. The molecule has 1 aromatic rings. The number of hydrogen-bond donors (Lipinski definition) is 1. The van der Waals surface area contributed by atoms with E-state index < -0.39 is 6.10 Å². The van der Waals surface area contributed by atoms with E-state index in [4.69, 9.17) is 9.47 Å². The van der Waals surface area contributed by atoms with Crippen molar-refractivity contribution in [1.29, 1.82) is 0 Å². The van der Waals surface area contributed by atoms with E-state index in [0.29, 0.717) is 18.2 Å². The van der Waals surface area contributed by atoms with Crippen molar-refractivity contribution >= 4 is 5.91 Å². The zero-order chi connectivity index (χ0) is 14.4. The summed E-state index contributed by atoms with van der Waals surface area (Å²) in [4.78, 5) is 12.2. The second-order valence-electron chi connectivity index (χ2n) is 5.18. The molecule has 1 atom stereocenters. The van der Waals surface area contributed by atoms with E-state index in [1.54, 1.807) is 13.2 Å². The molecule has 0 aromatic heterocycles. The van der Waals surface area contributed by atoms with Gasteiger partial charge in [-0.1, -0.05) is 25.8 Å². The van der Waals surface area contributed by atoms with Gasteiger partial charge in [-0.15, -0.1) is 0 Å². The molecule has 0 unspecified atom stereocenters. The summed E-state index contributed by atoms with van der Waals surface area (Å²) in [5, 5.41) is 3.08. The quantitative estimate of drug-likeness (QED) is 0.869. The van der Waals surface area contributed by atoms with Crippen LogP contribution in [0, 0.1) is 0 Å². The highest BCUT2D eigenvalue weighted by Gasteiger charge is 2.23. The highest BCUT2D eigenvalue weighted by molar-refractivity contribution is 5.81. The topological polar surface area (TPSA) is 47.6 Å². The Bertz CT molecular complexity index is 441. The van der Waals surface area contributed by atoms with Crippen LogP contribution < -0.4 is 14.8 Å². The predicted octanol–water partition coefficient (Wildman–Crippen LogP) is 2.91. The monoisotopic (exact) mass is 277 g/mol. The van der Waals surface area contributed by atoms with Gasteiger partial charge in [0.05, 0.1) is 7.11 Å². The van der Waals surface area contributed by atoms with Gasteiger partial charge in [0.25, 0.3) is 5.91 Å². The molecule has 0 saturated heterocycles. The van der Waals surface area contributed by atoms with Gasteiger partial charge < -0.3 is 14.8 Å². The van der Waals surface area contributed by atoms with Crippen LogP contribution in [0.4, 0.5) is 0 Å². The Hall–Kier alpha value is -1.71. The Labute approximate surface area is 120 Å². The summed E-state index contributed by atoms with van der Waals surface area (Å²) >= 11 is 0. The zero-order valence-electron chi connectivity index (χ0n) is 12.2. The molecule has 0 aliphatic heterocycles. The van der Waals surface area contributed by atoms with Gasteiger partial charge in [0.1, 0.15) is 11.5 Å². The lowest BCUT2D eigenvalue weighted by Gasteiger charge is -2.20. The molecule has 2 rings (SSSR count). The molecule has 20 heavy (non-hydrogen) atoms. The molecule has 1 aromatic carbocycles. The summed E-state index contributed by atoms with van der Waals surface area (Å²) in [6.07, 6.45) is 4.79. The number of amides is 1. The number of methoxy groups -OCH3 is 1. The normalized spacial score (nSPS) is 16.7. The third kappa shape index (κ3) is 3.89. The van der Waals surface area contributed by atoms with Gasteiger partial charge >= 0.3 is 0 Å². The Kier molecular flexibility index (Phi) is 5.27. The van der Waals surface area contributed by atoms with Gasteiger partial charge in [0.2, 0.25) is 0 Å². The lowest BCUT2D eigenvalue weighted by Crippen LogP contribution is -2.42. The summed E-state index contributed by atoms with van der Waals surface area (Å²) in [6, 6.07) is 7.67. The fourth-order valence-electron chi connectivity index (χ4n) is 2.53. The number of hydrogen-bond acceptors (Lipinski definition) is 3. The first-order valence-electron chi connectivity index (χ1n) is 7.34. The zero-order valence-corrected chi connectivity index (χ0v) is 12.2. The largest absolute Gasteiger partial charge is 0.497 e. The summed E-state index contributed by atoms with van der Waals surface area (Å²) in [5.74, 6) is 1.38. The average Bonchev–Trinajstić information content (AvgIpc) is 2.97. The van der Waals surface area contributed by atoms with Crippen LogP contribution in [0.1, 0.15) is 39.0 Å². The van der Waals surface area contributed by atoms with Crippen LogP contribution >= 0.6 is 0 Å². The molecular weight excluding hydrogens is 254 g/mol. The molecule has 0 heterocycles. The van der Waals surface area contributed by atoms with Gasteiger partial charge in [0, 0.05) is 12.1 Å². The lowest BCUT2D eigenvalue weighted by molar-refractivity contribution is -0.128. The van der Waals surface area contributed by atoms with Crippen molar-refractivity contribution in [2.45, 2.75) is 51.2 Å². The number of carbonyl (C=O) groups excluding carboxylic acids is 1.